The summed E-state index contributed by atoms with van der Waals surface area (Å²) in [4.78, 5) is 18.7. The summed E-state index contributed by atoms with van der Waals surface area (Å²) in [5.74, 6) is 3.91. The van der Waals surface area contributed by atoms with E-state index in [4.69, 9.17) is 22.1 Å². The molecule has 32 heavy (non-hydrogen) atoms. The van der Waals surface area contributed by atoms with Crippen molar-refractivity contribution in [1.29, 1.82) is 0 Å². The van der Waals surface area contributed by atoms with Crippen LogP contribution in [0.2, 0.25) is 24.8 Å². The van der Waals surface area contributed by atoms with Crippen LogP contribution in [0.25, 0.3) is 21.3 Å². The van der Waals surface area contributed by atoms with E-state index in [1.165, 1.54) is 11.8 Å². The summed E-state index contributed by atoms with van der Waals surface area (Å²) in [7, 11) is -1.72. The van der Waals surface area contributed by atoms with Crippen LogP contribution in [0.4, 0.5) is 10.2 Å². The highest BCUT2D eigenvalue weighted by atomic mass is 35.5. The molecule has 0 saturated carbocycles. The summed E-state index contributed by atoms with van der Waals surface area (Å²) in [6.45, 7) is 9.58. The molecule has 1 unspecified atom stereocenters. The van der Waals surface area contributed by atoms with Crippen LogP contribution in [-0.2, 0) is 0 Å². The summed E-state index contributed by atoms with van der Waals surface area (Å²) in [6, 6.07) is 0.128. The minimum absolute atomic E-state index is 0.128. The molecule has 0 spiro atoms. The molecule has 7 nitrogen and oxygen atoms in total. The average Bonchev–Trinajstić information content (AvgIpc) is 2.75. The predicted molar refractivity (Wildman–Crippen MR) is 133 cm³/mol. The Morgan fingerprint density at radius 1 is 1.31 bits per heavy atom. The number of aromatic nitrogens is 3. The number of rotatable bonds is 6. The van der Waals surface area contributed by atoms with Gasteiger partial charge in [-0.3, -0.25) is 0 Å². The van der Waals surface area contributed by atoms with Gasteiger partial charge in [-0.1, -0.05) is 61.0 Å². The smallest absolute Gasteiger partial charge is 0.190 e. The first-order chi connectivity index (χ1) is 15.2. The first kappa shape index (κ1) is 24.6. The Morgan fingerprint density at radius 3 is 2.78 bits per heavy atom. The molecule has 3 rings (SSSR count). The van der Waals surface area contributed by atoms with Gasteiger partial charge in [0.05, 0.1) is 5.39 Å². The number of pyridine rings is 1. The average molecular weight is 492 g/mol. The van der Waals surface area contributed by atoms with Crippen LogP contribution in [-0.4, -0.2) is 47.9 Å². The van der Waals surface area contributed by atoms with Crippen molar-refractivity contribution in [1.82, 2.24) is 15.0 Å². The lowest BCUT2D eigenvalue weighted by molar-refractivity contribution is 0.438. The van der Waals surface area contributed by atoms with Crippen LogP contribution >= 0.6 is 23.4 Å². The van der Waals surface area contributed by atoms with Gasteiger partial charge in [-0.25, -0.2) is 19.3 Å². The Balaban J connectivity index is 2.27. The number of hydrogen-bond donors (Lipinski definition) is 0. The number of halogens is 2. The Hall–Kier alpha value is -2.05. The standard InChI is InChI=1S/C21H27ClFN7SSi/c1-5-31-21-27-18-16(15(10-13-32(2,3)4)26-19(22)17(18)23)20(28-21)30-12-7-6-8-14(30)9-11-25-29-24/h14H,5-9,11-12H2,1-4H3. The Labute approximate surface area is 198 Å². The van der Waals surface area contributed by atoms with Gasteiger partial charge in [-0.15, -0.1) is 5.54 Å². The van der Waals surface area contributed by atoms with E-state index in [1.807, 2.05) is 6.92 Å². The van der Waals surface area contributed by atoms with Gasteiger partial charge in [0.1, 0.15) is 25.1 Å². The van der Waals surface area contributed by atoms with Crippen LogP contribution in [0.5, 0.6) is 0 Å². The van der Waals surface area contributed by atoms with Gasteiger partial charge in [0.15, 0.2) is 16.1 Å². The van der Waals surface area contributed by atoms with Gasteiger partial charge in [-0.05, 0) is 37.0 Å². The molecule has 170 valence electrons. The lowest BCUT2D eigenvalue weighted by atomic mass is 9.98. The maximum Gasteiger partial charge on any atom is 0.190 e. The maximum absolute atomic E-state index is 15.2. The molecule has 1 atom stereocenters. The molecule has 2 aromatic heterocycles. The Morgan fingerprint density at radius 2 is 2.09 bits per heavy atom. The lowest BCUT2D eigenvalue weighted by Gasteiger charge is -2.37. The predicted octanol–water partition coefficient (Wildman–Crippen LogP) is 6.22. The molecule has 11 heteroatoms. The third-order valence-corrected chi connectivity index (χ3v) is 6.91. The van der Waals surface area contributed by atoms with Crippen molar-refractivity contribution >= 4 is 48.2 Å². The van der Waals surface area contributed by atoms with Crippen molar-refractivity contribution in [2.45, 2.75) is 63.4 Å². The molecule has 0 aromatic carbocycles. The molecular formula is C21H27ClFN7SSi. The first-order valence-electron chi connectivity index (χ1n) is 10.8. The number of anilines is 1. The van der Waals surface area contributed by atoms with E-state index in [1.54, 1.807) is 0 Å². The highest BCUT2D eigenvalue weighted by molar-refractivity contribution is 7.99. The number of hydrogen-bond acceptors (Lipinski definition) is 6. The number of fused-ring (bicyclic) bond motifs is 1. The molecule has 3 heterocycles. The van der Waals surface area contributed by atoms with Crippen molar-refractivity contribution in [2.75, 3.05) is 23.7 Å². The summed E-state index contributed by atoms with van der Waals surface area (Å²) >= 11 is 7.61. The highest BCUT2D eigenvalue weighted by Crippen LogP contribution is 2.36. The van der Waals surface area contributed by atoms with E-state index in [9.17, 15) is 0 Å². The fourth-order valence-electron chi connectivity index (χ4n) is 3.68. The molecular weight excluding hydrogens is 465 g/mol. The zero-order chi connectivity index (χ0) is 23.3. The molecule has 0 aliphatic carbocycles. The molecule has 0 bridgehead atoms. The molecule has 0 N–H and O–H groups in total. The Bertz CT molecular complexity index is 1110. The van der Waals surface area contributed by atoms with Crippen LogP contribution in [0.3, 0.4) is 0 Å². The van der Waals surface area contributed by atoms with E-state index < -0.39 is 13.9 Å². The van der Waals surface area contributed by atoms with Gasteiger partial charge in [0, 0.05) is 24.0 Å². The quantitative estimate of drug-likeness (QED) is 0.0699. The fraction of sp³-hybridized carbons (Fsp3) is 0.571. The van der Waals surface area contributed by atoms with Gasteiger partial charge < -0.3 is 4.90 Å². The van der Waals surface area contributed by atoms with Crippen molar-refractivity contribution in [3.8, 4) is 11.5 Å². The minimum atomic E-state index is -1.72. The summed E-state index contributed by atoms with van der Waals surface area (Å²) < 4.78 is 15.2. The molecule has 1 aliphatic rings. The molecule has 2 aromatic rings. The molecule has 1 fully saturated rings. The summed E-state index contributed by atoms with van der Waals surface area (Å²) in [6.07, 6.45) is 3.73. The summed E-state index contributed by atoms with van der Waals surface area (Å²) in [5.41, 5.74) is 12.6. The highest BCUT2D eigenvalue weighted by Gasteiger charge is 2.28. The van der Waals surface area contributed by atoms with Gasteiger partial charge in [0.25, 0.3) is 0 Å². The van der Waals surface area contributed by atoms with Crippen molar-refractivity contribution in [3.05, 3.63) is 27.1 Å². The van der Waals surface area contributed by atoms with E-state index in [0.29, 0.717) is 35.0 Å². The molecule has 0 amide bonds. The van der Waals surface area contributed by atoms with Gasteiger partial charge in [0.2, 0.25) is 0 Å². The maximum atomic E-state index is 15.2. The van der Waals surface area contributed by atoms with Crippen LogP contribution < -0.4 is 4.90 Å². The second kappa shape index (κ2) is 10.7. The van der Waals surface area contributed by atoms with Gasteiger partial charge in [-0.2, -0.15) is 0 Å². The normalized spacial score (nSPS) is 16.4. The van der Waals surface area contributed by atoms with E-state index in [2.05, 4.69) is 56.0 Å². The SMILES string of the molecule is CCSc1nc(N2CCCCC2CCN=[N+]=[N-])c2c(C#C[Si](C)(C)C)nc(Cl)c(F)c2n1. The number of nitrogens with zero attached hydrogens (tertiary/aromatic N) is 7. The third kappa shape index (κ3) is 5.84. The van der Waals surface area contributed by atoms with Crippen LogP contribution in [0.1, 0.15) is 38.3 Å². The second-order valence-corrected chi connectivity index (χ2v) is 15.0. The van der Waals surface area contributed by atoms with E-state index >= 15 is 4.39 Å². The van der Waals surface area contributed by atoms with Crippen molar-refractivity contribution < 1.29 is 4.39 Å². The molecule has 0 radical (unpaired) electrons. The number of piperidine rings is 1. The van der Waals surface area contributed by atoms with Crippen molar-refractivity contribution in [2.24, 2.45) is 5.11 Å². The lowest BCUT2D eigenvalue weighted by Crippen LogP contribution is -2.41. The molecule has 1 saturated heterocycles. The largest absolute Gasteiger partial charge is 0.353 e. The fourth-order valence-corrected chi connectivity index (χ4v) is 4.91. The second-order valence-electron chi connectivity index (χ2n) is 8.64. The van der Waals surface area contributed by atoms with Crippen LogP contribution in [0, 0.1) is 17.3 Å². The third-order valence-electron chi connectivity index (χ3n) is 5.06. The summed E-state index contributed by atoms with van der Waals surface area (Å²) in [5, 5.41) is 4.49. The first-order valence-corrected chi connectivity index (χ1v) is 15.6. The minimum Gasteiger partial charge on any atom is -0.353 e. The number of thioether (sulfide) groups is 1. The van der Waals surface area contributed by atoms with E-state index in [-0.39, 0.29) is 16.7 Å². The van der Waals surface area contributed by atoms with Crippen molar-refractivity contribution in [3.63, 3.8) is 0 Å². The Kier molecular flexibility index (Phi) is 8.23. The van der Waals surface area contributed by atoms with Crippen LogP contribution in [0.15, 0.2) is 10.3 Å². The van der Waals surface area contributed by atoms with Gasteiger partial charge >= 0.3 is 0 Å². The monoisotopic (exact) mass is 491 g/mol. The molecule has 1 aliphatic heterocycles. The topological polar surface area (TPSA) is 90.7 Å². The zero-order valence-electron chi connectivity index (χ0n) is 18.8. The zero-order valence-corrected chi connectivity index (χ0v) is 21.4. The van der Waals surface area contributed by atoms with E-state index in [0.717, 1.165) is 31.6 Å². The number of azide groups is 1.